The van der Waals surface area contributed by atoms with Crippen LogP contribution >= 0.6 is 0 Å². The Morgan fingerprint density at radius 3 is 2.56 bits per heavy atom. The van der Waals surface area contributed by atoms with Gasteiger partial charge in [-0.25, -0.2) is 4.39 Å². The van der Waals surface area contributed by atoms with Gasteiger partial charge < -0.3 is 10.4 Å². The Morgan fingerprint density at radius 2 is 1.89 bits per heavy atom. The molecule has 0 radical (unpaired) electrons. The molecule has 2 aromatic carbocycles. The molecule has 3 heteroatoms. The predicted octanol–water partition coefficient (Wildman–Crippen LogP) is 3.57. The van der Waals surface area contributed by atoms with Gasteiger partial charge in [0.2, 0.25) is 0 Å². The zero-order valence-electron chi connectivity index (χ0n) is 10.2. The second-order valence-corrected chi connectivity index (χ2v) is 4.43. The maximum Gasteiger partial charge on any atom is 0.123 e. The van der Waals surface area contributed by atoms with Crippen molar-refractivity contribution in [2.75, 3.05) is 5.32 Å². The van der Waals surface area contributed by atoms with Crippen LogP contribution < -0.4 is 5.32 Å². The zero-order valence-corrected chi connectivity index (χ0v) is 10.2. The van der Waals surface area contributed by atoms with Crippen LogP contribution in [0.5, 0.6) is 5.75 Å². The minimum atomic E-state index is -0.235. The first-order valence-corrected chi connectivity index (χ1v) is 5.93. The molecule has 94 valence electrons. The van der Waals surface area contributed by atoms with Gasteiger partial charge in [-0.05, 0) is 55.3 Å². The lowest BCUT2D eigenvalue weighted by molar-refractivity contribution is 0.474. The van der Waals surface area contributed by atoms with Crippen LogP contribution in [0.2, 0.25) is 0 Å². The molecule has 0 aliphatic carbocycles. The number of hydrogen-bond acceptors (Lipinski definition) is 2. The van der Waals surface area contributed by atoms with Gasteiger partial charge in [0.05, 0.1) is 0 Å². The number of benzene rings is 2. The third-order valence-corrected chi connectivity index (χ3v) is 2.71. The van der Waals surface area contributed by atoms with E-state index in [4.69, 9.17) is 0 Å². The van der Waals surface area contributed by atoms with Crippen molar-refractivity contribution in [1.29, 1.82) is 0 Å². The summed E-state index contributed by atoms with van der Waals surface area (Å²) >= 11 is 0. The van der Waals surface area contributed by atoms with E-state index in [1.165, 1.54) is 12.1 Å². The number of phenolic OH excluding ortho intramolecular Hbond substituents is 1. The van der Waals surface area contributed by atoms with Gasteiger partial charge in [-0.15, -0.1) is 0 Å². The molecule has 0 fully saturated rings. The molecule has 0 aliphatic heterocycles. The molecule has 0 aromatic heterocycles. The summed E-state index contributed by atoms with van der Waals surface area (Å²) in [4.78, 5) is 0. The molecule has 1 atom stereocenters. The highest BCUT2D eigenvalue weighted by atomic mass is 19.1. The largest absolute Gasteiger partial charge is 0.508 e. The summed E-state index contributed by atoms with van der Waals surface area (Å²) in [6, 6.07) is 13.7. The lowest BCUT2D eigenvalue weighted by Crippen LogP contribution is -2.17. The Balaban J connectivity index is 1.96. The van der Waals surface area contributed by atoms with Crippen molar-refractivity contribution in [2.45, 2.75) is 19.4 Å². The van der Waals surface area contributed by atoms with Gasteiger partial charge in [-0.1, -0.05) is 12.1 Å². The molecule has 0 spiro atoms. The summed E-state index contributed by atoms with van der Waals surface area (Å²) in [5.74, 6) is 0.0441. The molecule has 2 rings (SSSR count). The Hall–Kier alpha value is -2.03. The minimum Gasteiger partial charge on any atom is -0.508 e. The number of hydrogen-bond donors (Lipinski definition) is 2. The van der Waals surface area contributed by atoms with E-state index >= 15 is 0 Å². The Kier molecular flexibility index (Phi) is 3.82. The zero-order chi connectivity index (χ0) is 13.0. The number of phenols is 1. The summed E-state index contributed by atoms with van der Waals surface area (Å²) in [6.07, 6.45) is 0.797. The second kappa shape index (κ2) is 5.54. The smallest absolute Gasteiger partial charge is 0.123 e. The molecule has 0 unspecified atom stereocenters. The number of aromatic hydroxyl groups is 1. The highest BCUT2D eigenvalue weighted by Gasteiger charge is 2.04. The van der Waals surface area contributed by atoms with Gasteiger partial charge in [0.15, 0.2) is 0 Å². The molecule has 0 aliphatic rings. The fraction of sp³-hybridized carbons (Fsp3) is 0.200. The van der Waals surface area contributed by atoms with Crippen molar-refractivity contribution in [3.63, 3.8) is 0 Å². The average Bonchev–Trinajstić information content (AvgIpc) is 2.32. The summed E-state index contributed by atoms with van der Waals surface area (Å²) in [7, 11) is 0. The van der Waals surface area contributed by atoms with E-state index in [1.54, 1.807) is 24.3 Å². The topological polar surface area (TPSA) is 32.3 Å². The van der Waals surface area contributed by atoms with Crippen molar-refractivity contribution < 1.29 is 9.50 Å². The van der Waals surface area contributed by atoms with E-state index in [9.17, 15) is 9.50 Å². The lowest BCUT2D eigenvalue weighted by Gasteiger charge is -2.15. The van der Waals surface area contributed by atoms with Crippen LogP contribution in [0.1, 0.15) is 12.5 Å². The van der Waals surface area contributed by atoms with E-state index in [0.29, 0.717) is 0 Å². The third kappa shape index (κ3) is 3.48. The van der Waals surface area contributed by atoms with Gasteiger partial charge in [0.1, 0.15) is 11.6 Å². The van der Waals surface area contributed by atoms with Crippen LogP contribution in [0.25, 0.3) is 0 Å². The first-order chi connectivity index (χ1) is 8.63. The van der Waals surface area contributed by atoms with E-state index in [0.717, 1.165) is 17.7 Å². The van der Waals surface area contributed by atoms with Crippen LogP contribution in [-0.4, -0.2) is 11.1 Å². The van der Waals surface area contributed by atoms with E-state index in [1.807, 2.05) is 19.1 Å². The fourth-order valence-electron chi connectivity index (χ4n) is 1.92. The van der Waals surface area contributed by atoms with Crippen molar-refractivity contribution >= 4 is 5.69 Å². The normalized spacial score (nSPS) is 12.1. The molecular formula is C15H16FNO. The van der Waals surface area contributed by atoms with Gasteiger partial charge in [0, 0.05) is 11.7 Å². The van der Waals surface area contributed by atoms with E-state index < -0.39 is 0 Å². The summed E-state index contributed by atoms with van der Waals surface area (Å²) < 4.78 is 12.8. The fourth-order valence-corrected chi connectivity index (χ4v) is 1.92. The molecule has 0 bridgehead atoms. The second-order valence-electron chi connectivity index (χ2n) is 4.43. The van der Waals surface area contributed by atoms with Crippen molar-refractivity contribution in [2.24, 2.45) is 0 Å². The highest BCUT2D eigenvalue weighted by molar-refractivity contribution is 5.44. The Morgan fingerprint density at radius 1 is 1.17 bits per heavy atom. The molecular weight excluding hydrogens is 229 g/mol. The SMILES string of the molecule is C[C@H](Cc1cccc(O)c1)Nc1ccc(F)cc1. The van der Waals surface area contributed by atoms with Gasteiger partial charge in [0.25, 0.3) is 0 Å². The van der Waals surface area contributed by atoms with Crippen LogP contribution in [0, 0.1) is 5.82 Å². The Labute approximate surface area is 106 Å². The van der Waals surface area contributed by atoms with Crippen LogP contribution in [0.4, 0.5) is 10.1 Å². The molecule has 2 nitrogen and oxygen atoms in total. The van der Waals surface area contributed by atoms with Crippen molar-refractivity contribution in [1.82, 2.24) is 0 Å². The number of rotatable bonds is 4. The molecule has 18 heavy (non-hydrogen) atoms. The van der Waals surface area contributed by atoms with Gasteiger partial charge in [-0.2, -0.15) is 0 Å². The number of halogens is 1. The number of anilines is 1. The van der Waals surface area contributed by atoms with Crippen molar-refractivity contribution in [3.8, 4) is 5.75 Å². The van der Waals surface area contributed by atoms with E-state index in [2.05, 4.69) is 5.32 Å². The molecule has 0 saturated heterocycles. The monoisotopic (exact) mass is 245 g/mol. The molecule has 2 aromatic rings. The lowest BCUT2D eigenvalue weighted by atomic mass is 10.1. The highest BCUT2D eigenvalue weighted by Crippen LogP contribution is 2.15. The standard InChI is InChI=1S/C15H16FNO/c1-11(9-12-3-2-4-15(18)10-12)17-14-7-5-13(16)6-8-14/h2-8,10-11,17-18H,9H2,1H3/t11-/m1/s1. The molecule has 0 amide bonds. The van der Waals surface area contributed by atoms with Crippen molar-refractivity contribution in [3.05, 3.63) is 59.9 Å². The maximum absolute atomic E-state index is 12.8. The molecule has 0 saturated carbocycles. The van der Waals surface area contributed by atoms with Crippen LogP contribution in [0.15, 0.2) is 48.5 Å². The predicted molar refractivity (Wildman–Crippen MR) is 71.3 cm³/mol. The van der Waals surface area contributed by atoms with Gasteiger partial charge >= 0.3 is 0 Å². The summed E-state index contributed by atoms with van der Waals surface area (Å²) in [5.41, 5.74) is 1.96. The first-order valence-electron chi connectivity index (χ1n) is 5.93. The van der Waals surface area contributed by atoms with Gasteiger partial charge in [-0.3, -0.25) is 0 Å². The average molecular weight is 245 g/mol. The maximum atomic E-state index is 12.8. The molecule has 2 N–H and O–H groups in total. The first kappa shape index (κ1) is 12.4. The Bertz CT molecular complexity index is 510. The number of nitrogens with one attached hydrogen (secondary N) is 1. The quantitative estimate of drug-likeness (QED) is 0.863. The summed E-state index contributed by atoms with van der Waals surface area (Å²) in [5, 5.41) is 12.7. The van der Waals surface area contributed by atoms with Crippen LogP contribution in [0.3, 0.4) is 0 Å². The summed E-state index contributed by atoms with van der Waals surface area (Å²) in [6.45, 7) is 2.05. The molecule has 0 heterocycles. The van der Waals surface area contributed by atoms with Crippen LogP contribution in [-0.2, 0) is 6.42 Å². The third-order valence-electron chi connectivity index (χ3n) is 2.71. The van der Waals surface area contributed by atoms with E-state index in [-0.39, 0.29) is 17.6 Å². The minimum absolute atomic E-state index is 0.206.